The number of nitrogens with two attached hydrogens (primary N) is 1. The molecule has 0 bridgehead atoms. The predicted octanol–water partition coefficient (Wildman–Crippen LogP) is 2.82. The highest BCUT2D eigenvalue weighted by atomic mass is 35.5. The summed E-state index contributed by atoms with van der Waals surface area (Å²) in [6.45, 7) is 1.68. The van der Waals surface area contributed by atoms with Gasteiger partial charge in [-0.3, -0.25) is 0 Å². The molecule has 14 heavy (non-hydrogen) atoms. The van der Waals surface area contributed by atoms with E-state index in [-0.39, 0.29) is 18.0 Å². The molecule has 0 aliphatic heterocycles. The Balaban J connectivity index is 0.00000169. The zero-order valence-electron chi connectivity index (χ0n) is 7.51. The molecule has 0 amide bonds. The van der Waals surface area contributed by atoms with Gasteiger partial charge >= 0.3 is 0 Å². The molecular formula is C9H11ClF3N. The number of rotatable bonds is 2. The zero-order chi connectivity index (χ0) is 10.0. The molecule has 1 rings (SSSR count). The van der Waals surface area contributed by atoms with Crippen LogP contribution in [0.2, 0.25) is 0 Å². The van der Waals surface area contributed by atoms with E-state index in [0.29, 0.717) is 5.56 Å². The second-order valence-corrected chi connectivity index (χ2v) is 2.89. The molecule has 0 saturated carbocycles. The van der Waals surface area contributed by atoms with Crippen LogP contribution in [0.15, 0.2) is 18.2 Å². The van der Waals surface area contributed by atoms with Gasteiger partial charge in [0.25, 0.3) is 6.43 Å². The quantitative estimate of drug-likeness (QED) is 0.823. The van der Waals surface area contributed by atoms with Crippen LogP contribution < -0.4 is 5.73 Å². The van der Waals surface area contributed by atoms with Crippen molar-refractivity contribution in [3.63, 3.8) is 0 Å². The number of halogens is 4. The molecule has 0 radical (unpaired) electrons. The molecule has 2 N–H and O–H groups in total. The maximum absolute atomic E-state index is 13.0. The lowest BCUT2D eigenvalue weighted by Crippen LogP contribution is -2.20. The summed E-state index contributed by atoms with van der Waals surface area (Å²) in [5.41, 5.74) is 5.64. The maximum Gasteiger partial charge on any atom is 0.257 e. The summed E-state index contributed by atoms with van der Waals surface area (Å²) in [5, 5.41) is 0. The average molecular weight is 226 g/mol. The summed E-state index contributed by atoms with van der Waals surface area (Å²) >= 11 is 0. The van der Waals surface area contributed by atoms with Gasteiger partial charge in [0.05, 0.1) is 6.04 Å². The monoisotopic (exact) mass is 225 g/mol. The van der Waals surface area contributed by atoms with Gasteiger partial charge in [-0.1, -0.05) is 12.1 Å². The Bertz CT molecular complexity index is 304. The second-order valence-electron chi connectivity index (χ2n) is 2.89. The van der Waals surface area contributed by atoms with Crippen LogP contribution in [0.25, 0.3) is 0 Å². The molecule has 1 aromatic rings. The molecule has 5 heteroatoms. The van der Waals surface area contributed by atoms with Crippen molar-refractivity contribution in [1.29, 1.82) is 0 Å². The van der Waals surface area contributed by atoms with Crippen LogP contribution >= 0.6 is 12.4 Å². The highest BCUT2D eigenvalue weighted by Crippen LogP contribution is 2.21. The molecule has 0 unspecified atom stereocenters. The van der Waals surface area contributed by atoms with Gasteiger partial charge in [-0.05, 0) is 18.6 Å². The molecule has 0 spiro atoms. The molecule has 0 fully saturated rings. The van der Waals surface area contributed by atoms with Crippen molar-refractivity contribution in [3.05, 3.63) is 35.1 Å². The minimum absolute atomic E-state index is 0. The Morgan fingerprint density at radius 3 is 2.29 bits per heavy atom. The van der Waals surface area contributed by atoms with Gasteiger partial charge in [-0.15, -0.1) is 12.4 Å². The second kappa shape index (κ2) is 5.22. The summed E-state index contributed by atoms with van der Waals surface area (Å²) in [4.78, 5) is 0. The van der Waals surface area contributed by atoms with Crippen LogP contribution in [0.3, 0.4) is 0 Å². The van der Waals surface area contributed by atoms with E-state index in [9.17, 15) is 13.2 Å². The molecule has 0 saturated heterocycles. The Hall–Kier alpha value is -0.740. The molecular weight excluding hydrogens is 215 g/mol. The van der Waals surface area contributed by atoms with Crippen LogP contribution in [0.5, 0.6) is 0 Å². The van der Waals surface area contributed by atoms with Crippen molar-refractivity contribution < 1.29 is 13.2 Å². The van der Waals surface area contributed by atoms with Crippen LogP contribution in [-0.4, -0.2) is 6.43 Å². The highest BCUT2D eigenvalue weighted by molar-refractivity contribution is 5.85. The summed E-state index contributed by atoms with van der Waals surface area (Å²) in [6.07, 6.45) is -2.74. The van der Waals surface area contributed by atoms with Crippen molar-refractivity contribution in [1.82, 2.24) is 0 Å². The summed E-state index contributed by atoms with van der Waals surface area (Å²) < 4.78 is 37.3. The van der Waals surface area contributed by atoms with Gasteiger partial charge in [0.2, 0.25) is 0 Å². The maximum atomic E-state index is 13.0. The molecule has 1 atom stereocenters. The first-order valence-electron chi connectivity index (χ1n) is 3.82. The third kappa shape index (κ3) is 2.89. The van der Waals surface area contributed by atoms with Crippen LogP contribution in [0.1, 0.15) is 17.2 Å². The molecule has 0 aromatic heterocycles. The lowest BCUT2D eigenvalue weighted by Gasteiger charge is -2.11. The number of alkyl halides is 2. The molecule has 80 valence electrons. The van der Waals surface area contributed by atoms with Gasteiger partial charge in [0.1, 0.15) is 5.82 Å². The average Bonchev–Trinajstić information content (AvgIpc) is 2.03. The molecule has 1 aromatic carbocycles. The smallest absolute Gasteiger partial charge is 0.257 e. The fourth-order valence-corrected chi connectivity index (χ4v) is 1.04. The van der Waals surface area contributed by atoms with Gasteiger partial charge in [0, 0.05) is 5.56 Å². The van der Waals surface area contributed by atoms with Gasteiger partial charge in [-0.25, -0.2) is 13.2 Å². The summed E-state index contributed by atoms with van der Waals surface area (Å²) in [7, 11) is 0. The number of aryl methyl sites for hydroxylation is 1. The first-order chi connectivity index (χ1) is 6.02. The number of benzene rings is 1. The topological polar surface area (TPSA) is 26.0 Å². The Kier molecular flexibility index (Phi) is 4.94. The van der Waals surface area contributed by atoms with E-state index in [2.05, 4.69) is 0 Å². The minimum atomic E-state index is -2.74. The van der Waals surface area contributed by atoms with Crippen molar-refractivity contribution >= 4 is 12.4 Å². The van der Waals surface area contributed by atoms with Crippen molar-refractivity contribution in [2.24, 2.45) is 5.73 Å². The molecule has 0 heterocycles. The third-order valence-corrected chi connectivity index (χ3v) is 1.79. The normalized spacial score (nSPS) is 12.4. The van der Waals surface area contributed by atoms with Gasteiger partial charge < -0.3 is 5.73 Å². The molecule has 0 aliphatic rings. The van der Waals surface area contributed by atoms with Crippen molar-refractivity contribution in [3.8, 4) is 0 Å². The number of hydrogen-bond donors (Lipinski definition) is 1. The van der Waals surface area contributed by atoms with E-state index in [1.54, 1.807) is 13.0 Å². The SMILES string of the molecule is Cc1ccc([C@@H](N)C(F)F)c(F)c1.Cl. The van der Waals surface area contributed by atoms with Crippen LogP contribution in [-0.2, 0) is 0 Å². The number of hydrogen-bond acceptors (Lipinski definition) is 1. The Labute approximate surface area is 86.5 Å². The Morgan fingerprint density at radius 2 is 1.86 bits per heavy atom. The third-order valence-electron chi connectivity index (χ3n) is 1.79. The summed E-state index contributed by atoms with van der Waals surface area (Å²) in [5.74, 6) is -0.673. The minimum Gasteiger partial charge on any atom is -0.319 e. The fraction of sp³-hybridized carbons (Fsp3) is 0.333. The van der Waals surface area contributed by atoms with Crippen LogP contribution in [0.4, 0.5) is 13.2 Å². The first-order valence-corrected chi connectivity index (χ1v) is 3.82. The van der Waals surface area contributed by atoms with E-state index in [1.165, 1.54) is 12.1 Å². The molecule has 1 nitrogen and oxygen atoms in total. The lowest BCUT2D eigenvalue weighted by atomic mass is 10.1. The van der Waals surface area contributed by atoms with Crippen LogP contribution in [0, 0.1) is 12.7 Å². The van der Waals surface area contributed by atoms with Gasteiger partial charge in [-0.2, -0.15) is 0 Å². The zero-order valence-corrected chi connectivity index (χ0v) is 8.32. The van der Waals surface area contributed by atoms with Gasteiger partial charge in [0.15, 0.2) is 0 Å². The fourth-order valence-electron chi connectivity index (χ4n) is 1.04. The lowest BCUT2D eigenvalue weighted by molar-refractivity contribution is 0.115. The predicted molar refractivity (Wildman–Crippen MR) is 51.3 cm³/mol. The largest absolute Gasteiger partial charge is 0.319 e. The first kappa shape index (κ1) is 13.3. The Morgan fingerprint density at radius 1 is 1.29 bits per heavy atom. The molecule has 0 aliphatic carbocycles. The van der Waals surface area contributed by atoms with Crippen molar-refractivity contribution in [2.45, 2.75) is 19.4 Å². The van der Waals surface area contributed by atoms with E-state index < -0.39 is 18.3 Å². The summed E-state index contributed by atoms with van der Waals surface area (Å²) in [6, 6.07) is 2.50. The standard InChI is InChI=1S/C9H10F3N.ClH/c1-5-2-3-6(7(10)4-5)8(13)9(11)12;/h2-4,8-9H,13H2,1H3;1H/t8-;/m1./s1. The highest BCUT2D eigenvalue weighted by Gasteiger charge is 2.20. The van der Waals surface area contributed by atoms with E-state index >= 15 is 0 Å². The van der Waals surface area contributed by atoms with E-state index in [0.717, 1.165) is 0 Å². The van der Waals surface area contributed by atoms with E-state index in [1.807, 2.05) is 0 Å². The van der Waals surface area contributed by atoms with Crippen molar-refractivity contribution in [2.75, 3.05) is 0 Å². The van der Waals surface area contributed by atoms with E-state index in [4.69, 9.17) is 5.73 Å².